The van der Waals surface area contributed by atoms with E-state index in [9.17, 15) is 5.11 Å². The standard InChI is InChI=1S/C11H23NO/c1-9(2)7-12-8-11(13)6-4-5-10(11)3/h9-10,12-13H,4-8H2,1-3H3. The Morgan fingerprint density at radius 1 is 1.54 bits per heavy atom. The van der Waals surface area contributed by atoms with Gasteiger partial charge < -0.3 is 10.4 Å². The Kier molecular flexibility index (Phi) is 3.74. The zero-order chi connectivity index (χ0) is 9.90. The summed E-state index contributed by atoms with van der Waals surface area (Å²) in [5.74, 6) is 1.13. The van der Waals surface area contributed by atoms with Gasteiger partial charge in [-0.05, 0) is 31.2 Å². The monoisotopic (exact) mass is 185 g/mol. The lowest BCUT2D eigenvalue weighted by Gasteiger charge is -2.28. The van der Waals surface area contributed by atoms with E-state index in [4.69, 9.17) is 0 Å². The molecule has 13 heavy (non-hydrogen) atoms. The summed E-state index contributed by atoms with van der Waals surface area (Å²) < 4.78 is 0. The minimum absolute atomic E-state index is 0.422. The van der Waals surface area contributed by atoms with Crippen molar-refractivity contribution in [2.24, 2.45) is 11.8 Å². The zero-order valence-corrected chi connectivity index (χ0v) is 9.14. The summed E-state index contributed by atoms with van der Waals surface area (Å²) in [6.07, 6.45) is 3.33. The van der Waals surface area contributed by atoms with E-state index in [1.54, 1.807) is 0 Å². The van der Waals surface area contributed by atoms with E-state index in [0.717, 1.165) is 19.5 Å². The van der Waals surface area contributed by atoms with Crippen LogP contribution in [-0.4, -0.2) is 23.8 Å². The lowest BCUT2D eigenvalue weighted by Crippen LogP contribution is -2.43. The molecule has 1 aliphatic carbocycles. The molecule has 2 N–H and O–H groups in total. The number of hydrogen-bond donors (Lipinski definition) is 2. The van der Waals surface area contributed by atoms with E-state index in [0.29, 0.717) is 11.8 Å². The molecule has 0 saturated heterocycles. The third kappa shape index (κ3) is 2.96. The van der Waals surface area contributed by atoms with Crippen molar-refractivity contribution in [3.05, 3.63) is 0 Å². The molecule has 0 bridgehead atoms. The second-order valence-electron chi connectivity index (χ2n) is 4.92. The SMILES string of the molecule is CC(C)CNCC1(O)CCCC1C. The van der Waals surface area contributed by atoms with Crippen molar-refractivity contribution in [1.29, 1.82) is 0 Å². The average molecular weight is 185 g/mol. The summed E-state index contributed by atoms with van der Waals surface area (Å²) in [5.41, 5.74) is -0.422. The van der Waals surface area contributed by atoms with E-state index >= 15 is 0 Å². The van der Waals surface area contributed by atoms with Gasteiger partial charge in [-0.3, -0.25) is 0 Å². The maximum atomic E-state index is 10.2. The summed E-state index contributed by atoms with van der Waals surface area (Å²) in [5, 5.41) is 13.6. The lowest BCUT2D eigenvalue weighted by atomic mass is 9.92. The smallest absolute Gasteiger partial charge is 0.0796 e. The van der Waals surface area contributed by atoms with Crippen LogP contribution in [0.1, 0.15) is 40.0 Å². The Morgan fingerprint density at radius 3 is 2.69 bits per heavy atom. The van der Waals surface area contributed by atoms with E-state index in [2.05, 4.69) is 26.1 Å². The van der Waals surface area contributed by atoms with Crippen LogP contribution in [0.25, 0.3) is 0 Å². The largest absolute Gasteiger partial charge is 0.388 e. The summed E-state index contributed by atoms with van der Waals surface area (Å²) in [7, 11) is 0. The minimum atomic E-state index is -0.422. The van der Waals surface area contributed by atoms with E-state index in [1.165, 1.54) is 12.8 Å². The first-order valence-electron chi connectivity index (χ1n) is 5.48. The second kappa shape index (κ2) is 4.43. The van der Waals surface area contributed by atoms with Gasteiger partial charge in [-0.2, -0.15) is 0 Å². The van der Waals surface area contributed by atoms with Gasteiger partial charge in [0.25, 0.3) is 0 Å². The maximum absolute atomic E-state index is 10.2. The van der Waals surface area contributed by atoms with E-state index in [1.807, 2.05) is 0 Å². The van der Waals surface area contributed by atoms with Gasteiger partial charge in [0.2, 0.25) is 0 Å². The van der Waals surface area contributed by atoms with Gasteiger partial charge in [-0.25, -0.2) is 0 Å². The predicted molar refractivity (Wildman–Crippen MR) is 55.7 cm³/mol. The fraction of sp³-hybridized carbons (Fsp3) is 1.00. The molecule has 2 atom stereocenters. The van der Waals surface area contributed by atoms with Crippen LogP contribution in [0.15, 0.2) is 0 Å². The molecule has 1 fully saturated rings. The van der Waals surface area contributed by atoms with Crippen molar-refractivity contribution in [2.45, 2.75) is 45.6 Å². The molecule has 0 aromatic rings. The minimum Gasteiger partial charge on any atom is -0.388 e. The highest BCUT2D eigenvalue weighted by atomic mass is 16.3. The van der Waals surface area contributed by atoms with Crippen molar-refractivity contribution >= 4 is 0 Å². The summed E-state index contributed by atoms with van der Waals surface area (Å²) >= 11 is 0. The van der Waals surface area contributed by atoms with Crippen LogP contribution in [0.4, 0.5) is 0 Å². The van der Waals surface area contributed by atoms with Crippen molar-refractivity contribution in [3.63, 3.8) is 0 Å². The van der Waals surface area contributed by atoms with Crippen molar-refractivity contribution in [1.82, 2.24) is 5.32 Å². The van der Waals surface area contributed by atoms with Crippen LogP contribution in [0.3, 0.4) is 0 Å². The second-order valence-corrected chi connectivity index (χ2v) is 4.92. The highest BCUT2D eigenvalue weighted by molar-refractivity contribution is 4.91. The molecule has 2 heteroatoms. The summed E-state index contributed by atoms with van der Waals surface area (Å²) in [6, 6.07) is 0. The number of hydrogen-bond acceptors (Lipinski definition) is 2. The molecule has 2 nitrogen and oxygen atoms in total. The third-order valence-corrected chi connectivity index (χ3v) is 3.15. The zero-order valence-electron chi connectivity index (χ0n) is 9.14. The first kappa shape index (κ1) is 11.0. The Labute approximate surface area is 81.7 Å². The number of aliphatic hydroxyl groups is 1. The first-order chi connectivity index (χ1) is 6.04. The van der Waals surface area contributed by atoms with Gasteiger partial charge in [0.1, 0.15) is 0 Å². The fourth-order valence-corrected chi connectivity index (χ4v) is 2.07. The van der Waals surface area contributed by atoms with Crippen LogP contribution >= 0.6 is 0 Å². The van der Waals surface area contributed by atoms with Gasteiger partial charge >= 0.3 is 0 Å². The van der Waals surface area contributed by atoms with Crippen molar-refractivity contribution in [3.8, 4) is 0 Å². The third-order valence-electron chi connectivity index (χ3n) is 3.15. The van der Waals surface area contributed by atoms with Gasteiger partial charge in [0.15, 0.2) is 0 Å². The van der Waals surface area contributed by atoms with Crippen LogP contribution in [0.2, 0.25) is 0 Å². The molecule has 0 aromatic carbocycles. The molecule has 0 aliphatic heterocycles. The topological polar surface area (TPSA) is 32.3 Å². The Balaban J connectivity index is 2.26. The fourth-order valence-electron chi connectivity index (χ4n) is 2.07. The molecular weight excluding hydrogens is 162 g/mol. The molecule has 78 valence electrons. The molecule has 1 aliphatic rings. The average Bonchev–Trinajstić information content (AvgIpc) is 2.32. The highest BCUT2D eigenvalue weighted by Crippen LogP contribution is 2.34. The molecule has 0 heterocycles. The van der Waals surface area contributed by atoms with Crippen LogP contribution in [0.5, 0.6) is 0 Å². The predicted octanol–water partition coefficient (Wildman–Crippen LogP) is 1.78. The number of nitrogens with one attached hydrogen (secondary N) is 1. The van der Waals surface area contributed by atoms with Crippen LogP contribution < -0.4 is 5.32 Å². The Morgan fingerprint density at radius 2 is 2.23 bits per heavy atom. The van der Waals surface area contributed by atoms with E-state index in [-0.39, 0.29) is 0 Å². The normalized spacial score (nSPS) is 34.4. The first-order valence-corrected chi connectivity index (χ1v) is 5.48. The molecule has 0 aromatic heterocycles. The maximum Gasteiger partial charge on any atom is 0.0796 e. The van der Waals surface area contributed by atoms with Crippen molar-refractivity contribution in [2.75, 3.05) is 13.1 Å². The molecule has 2 unspecified atom stereocenters. The molecule has 0 amide bonds. The molecule has 0 radical (unpaired) electrons. The molecule has 1 rings (SSSR count). The Bertz CT molecular complexity index is 158. The van der Waals surface area contributed by atoms with Gasteiger partial charge in [-0.1, -0.05) is 27.2 Å². The molecular formula is C11H23NO. The lowest BCUT2D eigenvalue weighted by molar-refractivity contribution is 0.00959. The van der Waals surface area contributed by atoms with Crippen LogP contribution in [0, 0.1) is 11.8 Å². The quantitative estimate of drug-likeness (QED) is 0.700. The van der Waals surface area contributed by atoms with Gasteiger partial charge in [0.05, 0.1) is 5.60 Å². The van der Waals surface area contributed by atoms with Crippen LogP contribution in [-0.2, 0) is 0 Å². The van der Waals surface area contributed by atoms with Crippen molar-refractivity contribution < 1.29 is 5.11 Å². The highest BCUT2D eigenvalue weighted by Gasteiger charge is 2.37. The molecule has 1 saturated carbocycles. The van der Waals surface area contributed by atoms with Gasteiger partial charge in [0, 0.05) is 6.54 Å². The number of rotatable bonds is 4. The Hall–Kier alpha value is -0.0800. The van der Waals surface area contributed by atoms with Gasteiger partial charge in [-0.15, -0.1) is 0 Å². The molecule has 0 spiro atoms. The summed E-state index contributed by atoms with van der Waals surface area (Å²) in [6.45, 7) is 8.32. The summed E-state index contributed by atoms with van der Waals surface area (Å²) in [4.78, 5) is 0. The van der Waals surface area contributed by atoms with E-state index < -0.39 is 5.60 Å².